The molecule has 0 aliphatic heterocycles. The summed E-state index contributed by atoms with van der Waals surface area (Å²) in [5.41, 5.74) is 0.830. The average Bonchev–Trinajstić information content (AvgIpc) is 2.68. The Morgan fingerprint density at radius 3 is 2.70 bits per heavy atom. The second-order valence-electron chi connectivity index (χ2n) is 7.81. The fourth-order valence-electron chi connectivity index (χ4n) is 3.39. The molecule has 1 aliphatic rings. The maximum Gasteiger partial charge on any atom is 0.267 e. The van der Waals surface area contributed by atoms with Gasteiger partial charge in [0.15, 0.2) is 0 Å². The third-order valence-electron chi connectivity index (χ3n) is 4.85. The summed E-state index contributed by atoms with van der Waals surface area (Å²) in [6.07, 6.45) is 5.57. The van der Waals surface area contributed by atoms with E-state index < -0.39 is 0 Å². The zero-order valence-electron chi connectivity index (χ0n) is 14.8. The Hall–Kier alpha value is -1.65. The highest BCUT2D eigenvalue weighted by atomic mass is 16.2. The largest absolute Gasteiger partial charge is 0.352 e. The van der Waals surface area contributed by atoms with Crippen molar-refractivity contribution in [1.29, 1.82) is 0 Å². The molecule has 1 aromatic heterocycles. The van der Waals surface area contributed by atoms with Crippen LogP contribution in [0.25, 0.3) is 0 Å². The fourth-order valence-corrected chi connectivity index (χ4v) is 3.39. The second-order valence-corrected chi connectivity index (χ2v) is 7.81. The van der Waals surface area contributed by atoms with Gasteiger partial charge in [-0.3, -0.25) is 9.59 Å². The van der Waals surface area contributed by atoms with E-state index >= 15 is 0 Å². The van der Waals surface area contributed by atoms with Gasteiger partial charge in [-0.25, -0.2) is 4.68 Å². The van der Waals surface area contributed by atoms with Crippen LogP contribution in [0, 0.1) is 18.3 Å². The highest BCUT2D eigenvalue weighted by molar-refractivity contribution is 5.75. The van der Waals surface area contributed by atoms with Crippen LogP contribution in [-0.2, 0) is 11.3 Å². The number of hydrogen-bond acceptors (Lipinski definition) is 3. The van der Waals surface area contributed by atoms with Crippen LogP contribution in [0.1, 0.15) is 58.6 Å². The number of amides is 1. The summed E-state index contributed by atoms with van der Waals surface area (Å²) in [6, 6.07) is 3.33. The smallest absolute Gasteiger partial charge is 0.267 e. The second kappa shape index (κ2) is 7.28. The molecule has 1 amide bonds. The number of hydrogen-bond donors (Lipinski definition) is 1. The van der Waals surface area contributed by atoms with Crippen LogP contribution in [0.15, 0.2) is 16.9 Å². The van der Waals surface area contributed by atoms with E-state index in [2.05, 4.69) is 31.2 Å². The molecule has 0 saturated heterocycles. The molecule has 1 aromatic rings. The van der Waals surface area contributed by atoms with Gasteiger partial charge in [-0.2, -0.15) is 5.10 Å². The highest BCUT2D eigenvalue weighted by Gasteiger charge is 2.28. The normalized spacial score (nSPS) is 22.4. The first-order valence-electron chi connectivity index (χ1n) is 8.60. The molecule has 23 heavy (non-hydrogen) atoms. The van der Waals surface area contributed by atoms with Gasteiger partial charge in [0, 0.05) is 12.1 Å². The molecular formula is C18H29N3O2. The number of nitrogens with one attached hydrogen (secondary N) is 1. The predicted molar refractivity (Wildman–Crippen MR) is 91.2 cm³/mol. The van der Waals surface area contributed by atoms with Crippen LogP contribution < -0.4 is 10.9 Å². The van der Waals surface area contributed by atoms with Crippen molar-refractivity contribution in [2.24, 2.45) is 11.3 Å². The zero-order valence-corrected chi connectivity index (χ0v) is 14.8. The first kappa shape index (κ1) is 17.7. The minimum Gasteiger partial charge on any atom is -0.352 e. The fraction of sp³-hybridized carbons (Fsp3) is 0.722. The van der Waals surface area contributed by atoms with E-state index in [4.69, 9.17) is 0 Å². The van der Waals surface area contributed by atoms with Gasteiger partial charge < -0.3 is 5.32 Å². The number of aryl methyl sites for hydroxylation is 1. The van der Waals surface area contributed by atoms with E-state index in [0.29, 0.717) is 11.3 Å². The van der Waals surface area contributed by atoms with Gasteiger partial charge in [-0.05, 0) is 50.0 Å². The van der Waals surface area contributed by atoms with Gasteiger partial charge in [0.25, 0.3) is 5.56 Å². The lowest BCUT2D eigenvalue weighted by molar-refractivity contribution is -0.122. The number of rotatable bonds is 3. The SMILES string of the molecule is Cc1ccc(=O)n(CC(=O)N[C@H]2CCC[C@@H](C(C)(C)C)CC2)n1. The standard InChI is InChI=1S/C18H29N3O2/c1-13-8-11-17(23)21(20-13)12-16(22)19-15-7-5-6-14(9-10-15)18(2,3)4/h8,11,14-15H,5-7,9-10,12H2,1-4H3,(H,19,22)/t14-,15+/m1/s1. The zero-order chi connectivity index (χ0) is 17.0. The molecule has 0 aromatic carbocycles. The van der Waals surface area contributed by atoms with Crippen LogP contribution in [-0.4, -0.2) is 21.7 Å². The molecule has 2 atom stereocenters. The van der Waals surface area contributed by atoms with Crippen molar-refractivity contribution in [3.8, 4) is 0 Å². The lowest BCUT2D eigenvalue weighted by Crippen LogP contribution is -2.39. The van der Waals surface area contributed by atoms with Crippen molar-refractivity contribution in [2.75, 3.05) is 0 Å². The third kappa shape index (κ3) is 5.19. The summed E-state index contributed by atoms with van der Waals surface area (Å²) < 4.78 is 1.24. The maximum atomic E-state index is 12.2. The lowest BCUT2D eigenvalue weighted by Gasteiger charge is -2.29. The molecule has 5 heteroatoms. The molecule has 0 bridgehead atoms. The average molecular weight is 319 g/mol. The lowest BCUT2D eigenvalue weighted by atomic mass is 9.76. The summed E-state index contributed by atoms with van der Waals surface area (Å²) in [5, 5.41) is 7.20. The summed E-state index contributed by atoms with van der Waals surface area (Å²) in [5.74, 6) is 0.592. The molecular weight excluding hydrogens is 290 g/mol. The first-order chi connectivity index (χ1) is 10.8. The van der Waals surface area contributed by atoms with Crippen molar-refractivity contribution in [2.45, 2.75) is 72.4 Å². The van der Waals surface area contributed by atoms with E-state index in [1.54, 1.807) is 6.07 Å². The van der Waals surface area contributed by atoms with Gasteiger partial charge >= 0.3 is 0 Å². The topological polar surface area (TPSA) is 64.0 Å². The van der Waals surface area contributed by atoms with Gasteiger partial charge in [-0.1, -0.05) is 27.2 Å². The van der Waals surface area contributed by atoms with Crippen molar-refractivity contribution < 1.29 is 4.79 Å². The van der Waals surface area contributed by atoms with Crippen LogP contribution in [0.2, 0.25) is 0 Å². The third-order valence-corrected chi connectivity index (χ3v) is 4.85. The summed E-state index contributed by atoms with van der Waals surface area (Å²) >= 11 is 0. The molecule has 0 spiro atoms. The minimum atomic E-state index is -0.237. The quantitative estimate of drug-likeness (QED) is 0.871. The molecule has 1 saturated carbocycles. The molecule has 0 unspecified atom stereocenters. The summed E-state index contributed by atoms with van der Waals surface area (Å²) in [7, 11) is 0. The Labute approximate surface area is 138 Å². The Morgan fingerprint density at radius 2 is 2.00 bits per heavy atom. The molecule has 1 fully saturated rings. The van der Waals surface area contributed by atoms with Crippen LogP contribution >= 0.6 is 0 Å². The van der Waals surface area contributed by atoms with Gasteiger partial charge in [-0.15, -0.1) is 0 Å². The molecule has 1 heterocycles. The predicted octanol–water partition coefficient (Wildman–Crippen LogP) is 2.66. The van der Waals surface area contributed by atoms with Crippen LogP contribution in [0.4, 0.5) is 0 Å². The Morgan fingerprint density at radius 1 is 1.26 bits per heavy atom. The van der Waals surface area contributed by atoms with Crippen molar-refractivity contribution >= 4 is 5.91 Å². The van der Waals surface area contributed by atoms with Crippen molar-refractivity contribution in [3.05, 3.63) is 28.2 Å². The molecule has 2 rings (SSSR count). The van der Waals surface area contributed by atoms with Crippen molar-refractivity contribution in [1.82, 2.24) is 15.1 Å². The number of nitrogens with zero attached hydrogens (tertiary/aromatic N) is 2. The van der Waals surface area contributed by atoms with Gasteiger partial charge in [0.1, 0.15) is 6.54 Å². The number of carbonyl (C=O) groups is 1. The Kier molecular flexibility index (Phi) is 5.60. The molecule has 128 valence electrons. The molecule has 0 radical (unpaired) electrons. The Balaban J connectivity index is 1.90. The van der Waals surface area contributed by atoms with E-state index in [1.165, 1.54) is 17.2 Å². The molecule has 1 N–H and O–H groups in total. The van der Waals surface area contributed by atoms with Crippen LogP contribution in [0.3, 0.4) is 0 Å². The Bertz CT molecular complexity index is 601. The summed E-state index contributed by atoms with van der Waals surface area (Å²) in [4.78, 5) is 24.0. The van der Waals surface area contributed by atoms with Crippen LogP contribution in [0.5, 0.6) is 0 Å². The first-order valence-corrected chi connectivity index (χ1v) is 8.60. The van der Waals surface area contributed by atoms with Crippen molar-refractivity contribution in [3.63, 3.8) is 0 Å². The highest BCUT2D eigenvalue weighted by Crippen LogP contribution is 2.36. The van der Waals surface area contributed by atoms with Gasteiger partial charge in [0.2, 0.25) is 5.91 Å². The molecule has 5 nitrogen and oxygen atoms in total. The van der Waals surface area contributed by atoms with E-state index in [1.807, 2.05) is 6.92 Å². The van der Waals surface area contributed by atoms with E-state index in [9.17, 15) is 9.59 Å². The summed E-state index contributed by atoms with van der Waals surface area (Å²) in [6.45, 7) is 8.71. The van der Waals surface area contributed by atoms with Gasteiger partial charge in [0.05, 0.1) is 5.69 Å². The maximum absolute atomic E-state index is 12.2. The molecule has 1 aliphatic carbocycles. The minimum absolute atomic E-state index is 0.000285. The monoisotopic (exact) mass is 319 g/mol. The van der Waals surface area contributed by atoms with E-state index in [0.717, 1.165) is 31.4 Å². The number of aromatic nitrogens is 2. The number of carbonyl (C=O) groups excluding carboxylic acids is 1. The van der Waals surface area contributed by atoms with E-state index in [-0.39, 0.29) is 24.1 Å².